The van der Waals surface area contributed by atoms with E-state index in [1.807, 2.05) is 25.1 Å². The third kappa shape index (κ3) is 4.32. The number of nitrogens with one attached hydrogen (secondary N) is 1. The fraction of sp³-hybridized carbons (Fsp3) is 0.615. The van der Waals surface area contributed by atoms with Crippen molar-refractivity contribution in [1.82, 2.24) is 4.98 Å². The number of aryl methyl sites for hydroxylation is 1. The summed E-state index contributed by atoms with van der Waals surface area (Å²) in [4.78, 5) is 4.36. The molecule has 0 spiro atoms. The number of rotatable bonds is 6. The molecule has 0 bridgehead atoms. The molecule has 94 valence electrons. The van der Waals surface area contributed by atoms with Gasteiger partial charge in [-0.15, -0.1) is 0 Å². The van der Waals surface area contributed by atoms with E-state index in [2.05, 4.69) is 10.3 Å². The predicted molar refractivity (Wildman–Crippen MR) is 67.3 cm³/mol. The van der Waals surface area contributed by atoms with Crippen molar-refractivity contribution >= 4 is 5.82 Å². The summed E-state index contributed by atoms with van der Waals surface area (Å²) >= 11 is 0. The molecular formula is C13H20N2O2. The quantitative estimate of drug-likeness (QED) is 0.767. The van der Waals surface area contributed by atoms with E-state index >= 15 is 0 Å². The number of anilines is 1. The lowest BCUT2D eigenvalue weighted by Gasteiger charge is -2.10. The minimum atomic E-state index is 0.312. The molecule has 1 aromatic rings. The van der Waals surface area contributed by atoms with Crippen LogP contribution in [0, 0.1) is 6.92 Å². The molecule has 4 heteroatoms. The molecule has 2 rings (SSSR count). The third-order valence-corrected chi connectivity index (χ3v) is 2.77. The highest BCUT2D eigenvalue weighted by Crippen LogP contribution is 2.11. The normalized spacial score (nSPS) is 19.5. The first-order valence-electron chi connectivity index (χ1n) is 6.21. The van der Waals surface area contributed by atoms with Crippen molar-refractivity contribution in [2.45, 2.75) is 25.9 Å². The van der Waals surface area contributed by atoms with Crippen molar-refractivity contribution in [3.8, 4) is 0 Å². The van der Waals surface area contributed by atoms with Crippen LogP contribution in [0.15, 0.2) is 18.2 Å². The lowest BCUT2D eigenvalue weighted by molar-refractivity contribution is 0.0206. The van der Waals surface area contributed by atoms with E-state index in [4.69, 9.17) is 9.47 Å². The smallest absolute Gasteiger partial charge is 0.126 e. The molecule has 1 atom stereocenters. The molecule has 2 heterocycles. The number of pyridine rings is 1. The molecule has 0 aromatic carbocycles. The zero-order chi connectivity index (χ0) is 11.9. The van der Waals surface area contributed by atoms with Gasteiger partial charge in [0, 0.05) is 18.8 Å². The number of hydrogen-bond acceptors (Lipinski definition) is 4. The van der Waals surface area contributed by atoms with Crippen LogP contribution in [0.4, 0.5) is 5.82 Å². The molecule has 1 aliphatic rings. The van der Waals surface area contributed by atoms with E-state index in [9.17, 15) is 0 Å². The highest BCUT2D eigenvalue weighted by Gasteiger charge is 2.14. The lowest BCUT2D eigenvalue weighted by atomic mass is 10.2. The van der Waals surface area contributed by atoms with Crippen molar-refractivity contribution in [3.63, 3.8) is 0 Å². The second-order valence-corrected chi connectivity index (χ2v) is 4.30. The molecule has 1 saturated heterocycles. The van der Waals surface area contributed by atoms with Crippen LogP contribution in [-0.2, 0) is 9.47 Å². The number of hydrogen-bond donors (Lipinski definition) is 1. The average molecular weight is 236 g/mol. The largest absolute Gasteiger partial charge is 0.377 e. The monoisotopic (exact) mass is 236 g/mol. The van der Waals surface area contributed by atoms with Gasteiger partial charge in [0.15, 0.2) is 0 Å². The molecule has 1 aliphatic heterocycles. The van der Waals surface area contributed by atoms with Crippen LogP contribution in [-0.4, -0.2) is 37.5 Å². The van der Waals surface area contributed by atoms with E-state index in [0.717, 1.165) is 31.1 Å². The van der Waals surface area contributed by atoms with Gasteiger partial charge in [0.25, 0.3) is 0 Å². The maximum Gasteiger partial charge on any atom is 0.126 e. The Morgan fingerprint density at radius 1 is 1.53 bits per heavy atom. The zero-order valence-corrected chi connectivity index (χ0v) is 10.3. The molecule has 0 aliphatic carbocycles. The summed E-state index contributed by atoms with van der Waals surface area (Å²) in [5.74, 6) is 0.908. The molecule has 1 fully saturated rings. The SMILES string of the molecule is Cc1cccc(NCCOC[C@H]2CCCO2)n1. The highest BCUT2D eigenvalue weighted by atomic mass is 16.5. The van der Waals surface area contributed by atoms with Gasteiger partial charge in [-0.3, -0.25) is 0 Å². The van der Waals surface area contributed by atoms with Gasteiger partial charge in [-0.25, -0.2) is 4.98 Å². The third-order valence-electron chi connectivity index (χ3n) is 2.77. The van der Waals surface area contributed by atoms with Gasteiger partial charge in [-0.1, -0.05) is 6.07 Å². The standard InChI is InChI=1S/C13H20N2O2/c1-11-4-2-6-13(15-11)14-7-9-16-10-12-5-3-8-17-12/h2,4,6,12H,3,5,7-10H2,1H3,(H,14,15)/t12-/m1/s1. The summed E-state index contributed by atoms with van der Waals surface area (Å²) in [5.41, 5.74) is 1.02. The summed E-state index contributed by atoms with van der Waals surface area (Å²) in [5, 5.41) is 3.23. The van der Waals surface area contributed by atoms with Crippen molar-refractivity contribution in [2.75, 3.05) is 31.7 Å². The van der Waals surface area contributed by atoms with Gasteiger partial charge in [-0.2, -0.15) is 0 Å². The molecule has 0 saturated carbocycles. The Morgan fingerprint density at radius 3 is 3.24 bits per heavy atom. The highest BCUT2D eigenvalue weighted by molar-refractivity contribution is 5.34. The molecule has 1 aromatic heterocycles. The predicted octanol–water partition coefficient (Wildman–Crippen LogP) is 2.00. The van der Waals surface area contributed by atoms with Crippen LogP contribution in [0.1, 0.15) is 18.5 Å². The Kier molecular flexibility index (Phi) is 4.76. The first-order chi connectivity index (χ1) is 8.34. The Hall–Kier alpha value is -1.13. The summed E-state index contributed by atoms with van der Waals surface area (Å²) in [6, 6.07) is 5.95. The van der Waals surface area contributed by atoms with Crippen LogP contribution < -0.4 is 5.32 Å². The Labute approximate surface area is 102 Å². The van der Waals surface area contributed by atoms with Crippen molar-refractivity contribution in [2.24, 2.45) is 0 Å². The zero-order valence-electron chi connectivity index (χ0n) is 10.3. The van der Waals surface area contributed by atoms with Crippen molar-refractivity contribution in [1.29, 1.82) is 0 Å². The van der Waals surface area contributed by atoms with E-state index in [-0.39, 0.29) is 0 Å². The van der Waals surface area contributed by atoms with Gasteiger partial charge >= 0.3 is 0 Å². The topological polar surface area (TPSA) is 43.4 Å². The van der Waals surface area contributed by atoms with Crippen LogP contribution >= 0.6 is 0 Å². The number of ether oxygens (including phenoxy) is 2. The Bertz CT molecular complexity index is 338. The minimum absolute atomic E-state index is 0.312. The Balaban J connectivity index is 1.56. The van der Waals surface area contributed by atoms with Crippen LogP contribution in [0.25, 0.3) is 0 Å². The fourth-order valence-corrected chi connectivity index (χ4v) is 1.88. The molecule has 1 N–H and O–H groups in total. The maximum absolute atomic E-state index is 5.55. The van der Waals surface area contributed by atoms with Crippen molar-refractivity contribution < 1.29 is 9.47 Å². The van der Waals surface area contributed by atoms with E-state index < -0.39 is 0 Å². The summed E-state index contributed by atoms with van der Waals surface area (Å²) in [7, 11) is 0. The first-order valence-corrected chi connectivity index (χ1v) is 6.21. The van der Waals surface area contributed by atoms with Crippen LogP contribution in [0.3, 0.4) is 0 Å². The molecular weight excluding hydrogens is 216 g/mol. The molecule has 0 radical (unpaired) electrons. The van der Waals surface area contributed by atoms with E-state index in [1.54, 1.807) is 0 Å². The summed E-state index contributed by atoms with van der Waals surface area (Å²) in [6.07, 6.45) is 2.61. The van der Waals surface area contributed by atoms with Crippen molar-refractivity contribution in [3.05, 3.63) is 23.9 Å². The van der Waals surface area contributed by atoms with Gasteiger partial charge < -0.3 is 14.8 Å². The fourth-order valence-electron chi connectivity index (χ4n) is 1.88. The van der Waals surface area contributed by atoms with Gasteiger partial charge in [0.05, 0.1) is 19.3 Å². The minimum Gasteiger partial charge on any atom is -0.377 e. The average Bonchev–Trinajstić information content (AvgIpc) is 2.82. The van der Waals surface area contributed by atoms with Crippen LogP contribution in [0.5, 0.6) is 0 Å². The Morgan fingerprint density at radius 2 is 2.47 bits per heavy atom. The molecule has 4 nitrogen and oxygen atoms in total. The second-order valence-electron chi connectivity index (χ2n) is 4.30. The molecule has 17 heavy (non-hydrogen) atoms. The second kappa shape index (κ2) is 6.57. The summed E-state index contributed by atoms with van der Waals surface area (Å²) < 4.78 is 11.0. The van der Waals surface area contributed by atoms with Crippen LogP contribution in [0.2, 0.25) is 0 Å². The number of nitrogens with zero attached hydrogens (tertiary/aromatic N) is 1. The lowest BCUT2D eigenvalue weighted by Crippen LogP contribution is -2.18. The molecule has 0 amide bonds. The number of aromatic nitrogens is 1. The van der Waals surface area contributed by atoms with E-state index in [0.29, 0.717) is 19.3 Å². The van der Waals surface area contributed by atoms with Gasteiger partial charge in [0.2, 0.25) is 0 Å². The molecule has 0 unspecified atom stereocenters. The summed E-state index contributed by atoms with van der Waals surface area (Å²) in [6.45, 7) is 5.06. The first kappa shape index (κ1) is 12.3. The van der Waals surface area contributed by atoms with Gasteiger partial charge in [-0.05, 0) is 31.9 Å². The van der Waals surface area contributed by atoms with Gasteiger partial charge in [0.1, 0.15) is 5.82 Å². The maximum atomic E-state index is 5.55. The van der Waals surface area contributed by atoms with E-state index in [1.165, 1.54) is 6.42 Å².